The van der Waals surface area contributed by atoms with E-state index in [-0.39, 0.29) is 18.3 Å². The van der Waals surface area contributed by atoms with E-state index < -0.39 is 5.97 Å². The lowest BCUT2D eigenvalue weighted by molar-refractivity contribution is -0.144. The van der Waals surface area contributed by atoms with Crippen LogP contribution in [-0.2, 0) is 27.2 Å². The highest BCUT2D eigenvalue weighted by Crippen LogP contribution is 2.36. The van der Waals surface area contributed by atoms with Crippen molar-refractivity contribution in [1.29, 1.82) is 0 Å². The fourth-order valence-electron chi connectivity index (χ4n) is 3.94. The zero-order valence-corrected chi connectivity index (χ0v) is 18.6. The SMILES string of the molecule is O=C(CSc1cnc2ccccc2n1)OCC(=O)N1c2ccccc2CCc2ccccc21. The summed E-state index contributed by atoms with van der Waals surface area (Å²) < 4.78 is 5.34. The van der Waals surface area contributed by atoms with Crippen molar-refractivity contribution in [2.24, 2.45) is 0 Å². The largest absolute Gasteiger partial charge is 0.455 e. The number of rotatable bonds is 5. The number of amides is 1. The van der Waals surface area contributed by atoms with Gasteiger partial charge >= 0.3 is 5.97 Å². The number of ether oxygens (including phenoxy) is 1. The number of anilines is 2. The molecule has 2 heterocycles. The van der Waals surface area contributed by atoms with Gasteiger partial charge in [0.05, 0.1) is 34.4 Å². The molecule has 0 saturated carbocycles. The van der Waals surface area contributed by atoms with E-state index in [9.17, 15) is 9.59 Å². The van der Waals surface area contributed by atoms with Crippen molar-refractivity contribution in [2.45, 2.75) is 17.9 Å². The highest BCUT2D eigenvalue weighted by molar-refractivity contribution is 7.99. The number of nitrogens with zero attached hydrogens (tertiary/aromatic N) is 3. The summed E-state index contributed by atoms with van der Waals surface area (Å²) in [6.45, 7) is -0.328. The quantitative estimate of drug-likeness (QED) is 0.320. The minimum atomic E-state index is -0.472. The predicted octanol–water partition coefficient (Wildman–Crippen LogP) is 4.73. The van der Waals surface area contributed by atoms with Gasteiger partial charge in [-0.1, -0.05) is 60.3 Å². The molecule has 33 heavy (non-hydrogen) atoms. The van der Waals surface area contributed by atoms with Crippen LogP contribution in [0.1, 0.15) is 11.1 Å². The molecule has 164 valence electrons. The fraction of sp³-hybridized carbons (Fsp3) is 0.154. The molecule has 0 radical (unpaired) electrons. The van der Waals surface area contributed by atoms with Gasteiger partial charge in [0.15, 0.2) is 6.61 Å². The Hall–Kier alpha value is -3.71. The fourth-order valence-corrected chi connectivity index (χ4v) is 4.58. The number of carbonyl (C=O) groups excluding carboxylic acids is 2. The Labute approximate surface area is 195 Å². The van der Waals surface area contributed by atoms with Crippen LogP contribution in [0.4, 0.5) is 11.4 Å². The number of esters is 1. The average Bonchev–Trinajstić information content (AvgIpc) is 3.03. The van der Waals surface area contributed by atoms with Crippen molar-refractivity contribution in [3.05, 3.63) is 90.1 Å². The van der Waals surface area contributed by atoms with Crippen molar-refractivity contribution >= 4 is 46.0 Å². The molecule has 0 bridgehead atoms. The second-order valence-corrected chi connectivity index (χ2v) is 8.63. The molecule has 7 heteroatoms. The van der Waals surface area contributed by atoms with Crippen LogP contribution in [0.2, 0.25) is 0 Å². The normalized spacial score (nSPS) is 12.5. The summed E-state index contributed by atoms with van der Waals surface area (Å²) in [4.78, 5) is 36.1. The van der Waals surface area contributed by atoms with E-state index in [1.807, 2.05) is 72.8 Å². The number of aromatic nitrogens is 2. The summed E-state index contributed by atoms with van der Waals surface area (Å²) in [5, 5.41) is 0.632. The summed E-state index contributed by atoms with van der Waals surface area (Å²) in [5.41, 5.74) is 5.43. The summed E-state index contributed by atoms with van der Waals surface area (Å²) in [6, 6.07) is 23.3. The smallest absolute Gasteiger partial charge is 0.316 e. The minimum Gasteiger partial charge on any atom is -0.455 e. The molecule has 0 spiro atoms. The van der Waals surface area contributed by atoms with Crippen molar-refractivity contribution in [1.82, 2.24) is 9.97 Å². The number of aryl methyl sites for hydroxylation is 2. The van der Waals surface area contributed by atoms with E-state index in [4.69, 9.17) is 4.74 Å². The zero-order valence-electron chi connectivity index (χ0n) is 17.8. The van der Waals surface area contributed by atoms with Gasteiger partial charge in [0.25, 0.3) is 5.91 Å². The first-order valence-corrected chi connectivity index (χ1v) is 11.7. The summed E-state index contributed by atoms with van der Waals surface area (Å²) in [6.07, 6.45) is 3.33. The molecule has 0 fully saturated rings. The van der Waals surface area contributed by atoms with Crippen LogP contribution in [0.15, 0.2) is 84.0 Å². The van der Waals surface area contributed by atoms with Crippen molar-refractivity contribution in [3.63, 3.8) is 0 Å². The molecule has 0 atom stereocenters. The minimum absolute atomic E-state index is 0.0491. The first kappa shape index (κ1) is 21.2. The lowest BCUT2D eigenvalue weighted by atomic mass is 10.0. The second-order valence-electron chi connectivity index (χ2n) is 7.63. The van der Waals surface area contributed by atoms with Gasteiger partial charge in [0.2, 0.25) is 0 Å². The molecule has 4 aromatic rings. The molecular weight excluding hydrogens is 434 g/mol. The zero-order chi connectivity index (χ0) is 22.6. The maximum Gasteiger partial charge on any atom is 0.316 e. The molecule has 0 unspecified atom stereocenters. The van der Waals surface area contributed by atoms with Gasteiger partial charge in [0, 0.05) is 0 Å². The van der Waals surface area contributed by atoms with Crippen molar-refractivity contribution in [3.8, 4) is 0 Å². The molecule has 0 N–H and O–H groups in total. The van der Waals surface area contributed by atoms with Gasteiger partial charge in [0.1, 0.15) is 5.03 Å². The molecule has 6 nitrogen and oxygen atoms in total. The van der Waals surface area contributed by atoms with Gasteiger partial charge in [-0.3, -0.25) is 19.5 Å². The highest BCUT2D eigenvalue weighted by atomic mass is 32.2. The molecule has 1 amide bonds. The molecule has 1 aliphatic rings. The third-order valence-corrected chi connectivity index (χ3v) is 6.37. The first-order chi connectivity index (χ1) is 16.2. The van der Waals surface area contributed by atoms with E-state index in [1.165, 1.54) is 11.8 Å². The topological polar surface area (TPSA) is 72.4 Å². The summed E-state index contributed by atoms with van der Waals surface area (Å²) in [7, 11) is 0. The molecule has 1 aliphatic heterocycles. The van der Waals surface area contributed by atoms with Crippen LogP contribution in [0, 0.1) is 0 Å². The monoisotopic (exact) mass is 455 g/mol. The number of thioether (sulfide) groups is 1. The summed E-state index contributed by atoms with van der Waals surface area (Å²) in [5.74, 6) is -0.701. The Balaban J connectivity index is 1.26. The lowest BCUT2D eigenvalue weighted by Crippen LogP contribution is -2.31. The second kappa shape index (κ2) is 9.42. The standard InChI is InChI=1S/C26H21N3O3S/c30-25(16-32-26(31)17-33-24-15-27-20-9-3-4-10-21(20)28-24)29-22-11-5-1-7-18(22)13-14-19-8-2-6-12-23(19)29/h1-12,15H,13-14,16-17H2. The van der Waals surface area contributed by atoms with E-state index in [1.54, 1.807) is 11.1 Å². The van der Waals surface area contributed by atoms with Crippen LogP contribution in [-0.4, -0.2) is 34.2 Å². The number of fused-ring (bicyclic) bond motifs is 3. The van der Waals surface area contributed by atoms with Crippen molar-refractivity contribution in [2.75, 3.05) is 17.3 Å². The highest BCUT2D eigenvalue weighted by Gasteiger charge is 2.26. The van der Waals surface area contributed by atoms with Gasteiger partial charge < -0.3 is 4.74 Å². The Morgan fingerprint density at radius 2 is 1.45 bits per heavy atom. The first-order valence-electron chi connectivity index (χ1n) is 10.7. The van der Waals surface area contributed by atoms with E-state index in [0.717, 1.165) is 46.4 Å². The van der Waals surface area contributed by atoms with Crippen LogP contribution >= 0.6 is 11.8 Å². The number of hydrogen-bond acceptors (Lipinski definition) is 6. The van der Waals surface area contributed by atoms with Crippen LogP contribution in [0.25, 0.3) is 11.0 Å². The third kappa shape index (κ3) is 4.59. The van der Waals surface area contributed by atoms with E-state index in [2.05, 4.69) is 9.97 Å². The molecular formula is C26H21N3O3S. The van der Waals surface area contributed by atoms with Crippen LogP contribution in [0.5, 0.6) is 0 Å². The number of benzene rings is 3. The third-order valence-electron chi connectivity index (χ3n) is 5.50. The molecule has 1 aromatic heterocycles. The Morgan fingerprint density at radius 1 is 0.848 bits per heavy atom. The van der Waals surface area contributed by atoms with E-state index in [0.29, 0.717) is 5.03 Å². The van der Waals surface area contributed by atoms with E-state index >= 15 is 0 Å². The van der Waals surface area contributed by atoms with Crippen molar-refractivity contribution < 1.29 is 14.3 Å². The summed E-state index contributed by atoms with van der Waals surface area (Å²) >= 11 is 1.24. The Bertz CT molecular complexity index is 1290. The Kier molecular flexibility index (Phi) is 6.04. The van der Waals surface area contributed by atoms with Gasteiger partial charge in [-0.05, 0) is 48.2 Å². The average molecular weight is 456 g/mol. The van der Waals surface area contributed by atoms with Gasteiger partial charge in [-0.15, -0.1) is 0 Å². The van der Waals surface area contributed by atoms with Gasteiger partial charge in [-0.2, -0.15) is 0 Å². The van der Waals surface area contributed by atoms with Crippen LogP contribution in [0.3, 0.4) is 0 Å². The van der Waals surface area contributed by atoms with Crippen LogP contribution < -0.4 is 4.90 Å². The Morgan fingerprint density at radius 3 is 2.15 bits per heavy atom. The lowest BCUT2D eigenvalue weighted by Gasteiger charge is -2.24. The van der Waals surface area contributed by atoms with Gasteiger partial charge in [-0.25, -0.2) is 4.98 Å². The number of para-hydroxylation sites is 4. The predicted molar refractivity (Wildman–Crippen MR) is 129 cm³/mol. The molecule has 3 aromatic carbocycles. The molecule has 0 aliphatic carbocycles. The molecule has 5 rings (SSSR count). The maximum absolute atomic E-state index is 13.2. The maximum atomic E-state index is 13.2. The number of carbonyl (C=O) groups is 2. The number of hydrogen-bond donors (Lipinski definition) is 0. The molecule has 0 saturated heterocycles.